The molecular weight excluding hydrogens is 472 g/mol. The fourth-order valence-electron chi connectivity index (χ4n) is 2.34. The van der Waals surface area contributed by atoms with Crippen LogP contribution in [0.3, 0.4) is 0 Å². The number of ether oxygens (including phenoxy) is 2. The van der Waals surface area contributed by atoms with Crippen molar-refractivity contribution in [2.45, 2.75) is 30.3 Å². The van der Waals surface area contributed by atoms with Crippen LogP contribution >= 0.6 is 39.1 Å². The number of hydrogen-bond donors (Lipinski definition) is 0. The third-order valence-corrected chi connectivity index (χ3v) is 5.08. The number of halogens is 4. The molecule has 2 aromatic carbocycles. The lowest BCUT2D eigenvalue weighted by Gasteiger charge is -2.24. The molecule has 0 aliphatic rings. The molecule has 2 rings (SSSR count). The Labute approximate surface area is 182 Å². The van der Waals surface area contributed by atoms with Crippen molar-refractivity contribution in [3.05, 3.63) is 69.7 Å². The van der Waals surface area contributed by atoms with Crippen LogP contribution < -0.4 is 0 Å². The maximum Gasteiger partial charge on any atom is 0.166 e. The lowest BCUT2D eigenvalue weighted by molar-refractivity contribution is -0.0104. The maximum atomic E-state index is 14.6. The highest BCUT2D eigenvalue weighted by Crippen LogP contribution is 2.20. The van der Waals surface area contributed by atoms with Gasteiger partial charge < -0.3 is 14.3 Å². The average Bonchev–Trinajstić information content (AvgIpc) is 2.69. The normalized spacial score (nSPS) is 14.8. The number of nitrogens with zero attached hydrogens (tertiary/aromatic N) is 1. The van der Waals surface area contributed by atoms with E-state index in [1.165, 1.54) is 7.11 Å². The Morgan fingerprint density at radius 2 is 1.54 bits per heavy atom. The zero-order valence-corrected chi connectivity index (χ0v) is 18.3. The quantitative estimate of drug-likeness (QED) is 0.225. The number of rotatable bonds is 11. The second-order valence-electron chi connectivity index (χ2n) is 5.94. The predicted octanol–water partition coefficient (Wildman–Crippen LogP) is 5.83. The van der Waals surface area contributed by atoms with Gasteiger partial charge in [-0.15, -0.1) is 0 Å². The highest BCUT2D eigenvalue weighted by atomic mass is 79.9. The van der Waals surface area contributed by atoms with Gasteiger partial charge in [-0.2, -0.15) is 0 Å². The molecular formula is C20H21BrCl2FNO3. The van der Waals surface area contributed by atoms with Gasteiger partial charge in [0.1, 0.15) is 13.2 Å². The van der Waals surface area contributed by atoms with Gasteiger partial charge in [-0.1, -0.05) is 68.6 Å². The van der Waals surface area contributed by atoms with E-state index >= 15 is 0 Å². The topological polar surface area (TPSA) is 40.0 Å². The summed E-state index contributed by atoms with van der Waals surface area (Å²) in [4.78, 5) is 4.17. The van der Waals surface area contributed by atoms with Gasteiger partial charge in [-0.05, 0) is 35.4 Å². The fourth-order valence-corrected chi connectivity index (χ4v) is 3.22. The van der Waals surface area contributed by atoms with Crippen molar-refractivity contribution in [1.29, 1.82) is 0 Å². The minimum Gasteiger partial charge on any atom is -0.399 e. The highest BCUT2D eigenvalue weighted by Gasteiger charge is 2.28. The second kappa shape index (κ2) is 12.4. The summed E-state index contributed by atoms with van der Waals surface area (Å²) in [5.41, 5.74) is 1.85. The Morgan fingerprint density at radius 1 is 1.00 bits per heavy atom. The van der Waals surface area contributed by atoms with Gasteiger partial charge in [0.05, 0.1) is 30.9 Å². The molecule has 2 aromatic rings. The van der Waals surface area contributed by atoms with Crippen LogP contribution in [0.15, 0.2) is 53.7 Å². The molecule has 0 aliphatic carbocycles. The summed E-state index contributed by atoms with van der Waals surface area (Å²) in [6.07, 6.45) is -1.23. The van der Waals surface area contributed by atoms with E-state index in [-0.39, 0.29) is 13.2 Å². The fraction of sp³-hybridized carbons (Fsp3) is 0.350. The van der Waals surface area contributed by atoms with Crippen LogP contribution in [0.4, 0.5) is 4.39 Å². The van der Waals surface area contributed by atoms with Gasteiger partial charge in [0.2, 0.25) is 0 Å². The molecule has 4 nitrogen and oxygen atoms in total. The van der Waals surface area contributed by atoms with Gasteiger partial charge in [0, 0.05) is 10.0 Å². The molecule has 0 aromatic heterocycles. The summed E-state index contributed by atoms with van der Waals surface area (Å²) < 4.78 is 26.1. The van der Waals surface area contributed by atoms with Crippen molar-refractivity contribution in [1.82, 2.24) is 0 Å². The average molecular weight is 493 g/mol. The van der Waals surface area contributed by atoms with Crippen molar-refractivity contribution >= 4 is 45.3 Å². The lowest BCUT2D eigenvalue weighted by Crippen LogP contribution is -2.37. The van der Waals surface area contributed by atoms with E-state index in [4.69, 9.17) is 32.7 Å². The number of hydrogen-bond acceptors (Lipinski definition) is 4. The Bertz CT molecular complexity index is 731. The van der Waals surface area contributed by atoms with Crippen LogP contribution in [0.1, 0.15) is 11.1 Å². The molecule has 0 aliphatic heterocycles. The molecule has 0 heterocycles. The standard InChI is InChI=1S/C20H21BrCl2FNO3/c1-26-25-10-19(24)20(28-12-15-4-8-17(23)9-5-15)18(21)13-27-11-14-2-6-16(22)7-3-14/h2-10,18-20H,11-13H2,1H3/b25-10-/t18-,19+,20+/m0/s1. The third kappa shape index (κ3) is 8.05. The zero-order valence-electron chi connectivity index (χ0n) is 15.2. The molecule has 0 spiro atoms. The first-order chi connectivity index (χ1) is 13.5. The summed E-state index contributed by atoms with van der Waals surface area (Å²) in [7, 11) is 1.35. The van der Waals surface area contributed by atoms with E-state index < -0.39 is 17.1 Å². The molecule has 152 valence electrons. The van der Waals surface area contributed by atoms with Crippen LogP contribution in [0, 0.1) is 0 Å². The van der Waals surface area contributed by atoms with E-state index in [1.54, 1.807) is 24.3 Å². The number of benzene rings is 2. The molecule has 0 saturated carbocycles. The molecule has 0 unspecified atom stereocenters. The van der Waals surface area contributed by atoms with Crippen LogP contribution in [0.2, 0.25) is 10.0 Å². The molecule has 0 bridgehead atoms. The van der Waals surface area contributed by atoms with Gasteiger partial charge in [-0.25, -0.2) is 4.39 Å². The summed E-state index contributed by atoms with van der Waals surface area (Å²) >= 11 is 15.2. The monoisotopic (exact) mass is 491 g/mol. The zero-order chi connectivity index (χ0) is 20.4. The van der Waals surface area contributed by atoms with Gasteiger partial charge >= 0.3 is 0 Å². The first kappa shape index (κ1) is 23.1. The summed E-state index contributed by atoms with van der Waals surface area (Å²) in [5.74, 6) is 0. The van der Waals surface area contributed by atoms with Gasteiger partial charge in [-0.3, -0.25) is 0 Å². The highest BCUT2D eigenvalue weighted by molar-refractivity contribution is 9.09. The molecule has 28 heavy (non-hydrogen) atoms. The largest absolute Gasteiger partial charge is 0.399 e. The van der Waals surface area contributed by atoms with Crippen LogP contribution in [-0.4, -0.2) is 37.0 Å². The summed E-state index contributed by atoms with van der Waals surface area (Å²) in [6.45, 7) is 0.851. The molecule has 0 fully saturated rings. The third-order valence-electron chi connectivity index (χ3n) is 3.79. The molecule has 0 N–H and O–H groups in total. The predicted molar refractivity (Wildman–Crippen MR) is 114 cm³/mol. The van der Waals surface area contributed by atoms with Crippen LogP contribution in [0.25, 0.3) is 0 Å². The summed E-state index contributed by atoms with van der Waals surface area (Å²) in [5, 5.41) is 4.80. The minimum atomic E-state index is -1.48. The molecule has 0 amide bonds. The van der Waals surface area contributed by atoms with E-state index in [1.807, 2.05) is 24.3 Å². The maximum absolute atomic E-state index is 14.6. The first-order valence-electron chi connectivity index (χ1n) is 8.52. The first-order valence-corrected chi connectivity index (χ1v) is 10.2. The number of alkyl halides is 2. The van der Waals surface area contributed by atoms with E-state index in [0.717, 1.165) is 17.3 Å². The SMILES string of the molecule is CO/N=C\[C@@H](F)[C@H](OCc1ccc(Cl)cc1)[C@@H](Br)COCc1ccc(Cl)cc1. The molecule has 0 radical (unpaired) electrons. The van der Waals surface area contributed by atoms with E-state index in [2.05, 4.69) is 25.9 Å². The number of oxime groups is 1. The molecule has 0 saturated heterocycles. The summed E-state index contributed by atoms with van der Waals surface area (Å²) in [6, 6.07) is 14.5. The lowest BCUT2D eigenvalue weighted by atomic mass is 10.1. The van der Waals surface area contributed by atoms with Crippen molar-refractivity contribution in [3.8, 4) is 0 Å². The smallest absolute Gasteiger partial charge is 0.166 e. The van der Waals surface area contributed by atoms with Crippen molar-refractivity contribution in [3.63, 3.8) is 0 Å². The van der Waals surface area contributed by atoms with Crippen molar-refractivity contribution in [2.24, 2.45) is 5.16 Å². The second-order valence-corrected chi connectivity index (χ2v) is 7.99. The van der Waals surface area contributed by atoms with Crippen molar-refractivity contribution < 1.29 is 18.7 Å². The molecule has 3 atom stereocenters. The van der Waals surface area contributed by atoms with E-state index in [9.17, 15) is 4.39 Å². The molecule has 8 heteroatoms. The Kier molecular flexibility index (Phi) is 10.2. The van der Waals surface area contributed by atoms with Crippen LogP contribution in [0.5, 0.6) is 0 Å². The van der Waals surface area contributed by atoms with Gasteiger partial charge in [0.25, 0.3) is 0 Å². The van der Waals surface area contributed by atoms with Crippen LogP contribution in [-0.2, 0) is 27.5 Å². The minimum absolute atomic E-state index is 0.225. The Balaban J connectivity index is 1.93. The van der Waals surface area contributed by atoms with Gasteiger partial charge in [0.15, 0.2) is 6.17 Å². The Morgan fingerprint density at radius 3 is 2.07 bits per heavy atom. The Hall–Kier alpha value is -1.18. The van der Waals surface area contributed by atoms with Crippen molar-refractivity contribution in [2.75, 3.05) is 13.7 Å². The van der Waals surface area contributed by atoms with E-state index in [0.29, 0.717) is 16.7 Å².